The summed E-state index contributed by atoms with van der Waals surface area (Å²) in [5.74, 6) is 0.457. The molecule has 4 aliphatic rings. The first kappa shape index (κ1) is 22.5. The molecule has 1 aliphatic carbocycles. The highest BCUT2D eigenvalue weighted by Crippen LogP contribution is 2.40. The number of hydrogen-bond acceptors (Lipinski definition) is 7. The summed E-state index contributed by atoms with van der Waals surface area (Å²) >= 11 is 0. The van der Waals surface area contributed by atoms with Crippen molar-refractivity contribution in [2.75, 3.05) is 37.6 Å². The molecule has 35 heavy (non-hydrogen) atoms. The Bertz CT molecular complexity index is 1130. The highest BCUT2D eigenvalue weighted by atomic mass is 16.7. The van der Waals surface area contributed by atoms with E-state index in [9.17, 15) is 9.59 Å². The number of piperazine rings is 1. The number of hydrogen-bond donors (Lipinski definition) is 0. The van der Waals surface area contributed by atoms with E-state index < -0.39 is 5.79 Å². The Hall–Kier alpha value is -2.91. The van der Waals surface area contributed by atoms with Crippen LogP contribution in [0.25, 0.3) is 0 Å². The number of benzene rings is 1. The van der Waals surface area contributed by atoms with Crippen LogP contribution in [0.3, 0.4) is 0 Å². The molecule has 0 radical (unpaired) electrons. The fourth-order valence-corrected chi connectivity index (χ4v) is 5.68. The number of nitrogens with zero attached hydrogens (tertiary/aromatic N) is 4. The number of aryl methyl sites for hydroxylation is 2. The SMILES string of the molecule is Cc1noc(C)c1C(=O)N1CCN(c2ccc3c(c2)COC2(CCN(C4CCC4)CC2)O3)C(=O)C1. The molecule has 0 bridgehead atoms. The zero-order valence-corrected chi connectivity index (χ0v) is 20.4. The van der Waals surface area contributed by atoms with Crippen LogP contribution in [-0.4, -0.2) is 71.3 Å². The molecule has 0 N–H and O–H groups in total. The van der Waals surface area contributed by atoms with E-state index in [-0.39, 0.29) is 18.4 Å². The van der Waals surface area contributed by atoms with Crippen LogP contribution in [-0.2, 0) is 16.1 Å². The summed E-state index contributed by atoms with van der Waals surface area (Å²) in [5.41, 5.74) is 2.75. The van der Waals surface area contributed by atoms with Gasteiger partial charge in [0.25, 0.3) is 5.91 Å². The average Bonchev–Trinajstić information content (AvgIpc) is 3.16. The fraction of sp³-hybridized carbons (Fsp3) is 0.577. The first-order chi connectivity index (χ1) is 16.9. The molecule has 2 amide bonds. The molecule has 1 aromatic heterocycles. The van der Waals surface area contributed by atoms with Gasteiger partial charge in [0.1, 0.15) is 23.6 Å². The van der Waals surface area contributed by atoms with Crippen molar-refractivity contribution in [1.82, 2.24) is 15.0 Å². The molecule has 1 saturated carbocycles. The lowest BCUT2D eigenvalue weighted by atomic mass is 9.89. The average molecular weight is 481 g/mol. The Morgan fingerprint density at radius 2 is 1.91 bits per heavy atom. The number of piperidine rings is 1. The Kier molecular flexibility index (Phi) is 5.56. The molecule has 3 aliphatic heterocycles. The second kappa shape index (κ2) is 8.64. The minimum absolute atomic E-state index is 0.0214. The third-order valence-electron chi connectivity index (χ3n) is 8.05. The van der Waals surface area contributed by atoms with Gasteiger partial charge < -0.3 is 23.8 Å². The zero-order valence-electron chi connectivity index (χ0n) is 20.4. The quantitative estimate of drug-likeness (QED) is 0.667. The van der Waals surface area contributed by atoms with E-state index in [1.807, 2.05) is 18.2 Å². The van der Waals surface area contributed by atoms with Gasteiger partial charge in [-0.05, 0) is 44.9 Å². The van der Waals surface area contributed by atoms with Crippen LogP contribution >= 0.6 is 0 Å². The van der Waals surface area contributed by atoms with Crippen molar-refractivity contribution in [3.8, 4) is 5.75 Å². The minimum Gasteiger partial charge on any atom is -0.462 e. The summed E-state index contributed by atoms with van der Waals surface area (Å²) in [6, 6.07) is 6.63. The number of anilines is 1. The number of rotatable bonds is 3. The molecule has 0 unspecified atom stereocenters. The smallest absolute Gasteiger partial charge is 0.259 e. The molecule has 6 rings (SSSR count). The maximum Gasteiger partial charge on any atom is 0.259 e. The normalized spacial score (nSPS) is 22.6. The number of likely N-dealkylation sites (tertiary alicyclic amines) is 1. The van der Waals surface area contributed by atoms with Gasteiger partial charge in [-0.3, -0.25) is 14.5 Å². The number of ether oxygens (including phenoxy) is 2. The first-order valence-corrected chi connectivity index (χ1v) is 12.6. The van der Waals surface area contributed by atoms with E-state index in [4.69, 9.17) is 14.0 Å². The molecule has 1 aromatic carbocycles. The van der Waals surface area contributed by atoms with Crippen molar-refractivity contribution < 1.29 is 23.6 Å². The van der Waals surface area contributed by atoms with Gasteiger partial charge in [0.2, 0.25) is 11.7 Å². The van der Waals surface area contributed by atoms with Gasteiger partial charge >= 0.3 is 0 Å². The van der Waals surface area contributed by atoms with E-state index in [0.717, 1.165) is 49.0 Å². The molecular formula is C26H32N4O5. The summed E-state index contributed by atoms with van der Waals surface area (Å²) in [7, 11) is 0. The molecule has 4 heterocycles. The molecule has 186 valence electrons. The van der Waals surface area contributed by atoms with Crippen molar-refractivity contribution in [2.24, 2.45) is 0 Å². The van der Waals surface area contributed by atoms with Crippen molar-refractivity contribution in [3.05, 3.63) is 40.8 Å². The predicted molar refractivity (Wildman–Crippen MR) is 127 cm³/mol. The molecule has 9 heteroatoms. The van der Waals surface area contributed by atoms with Crippen LogP contribution in [0.4, 0.5) is 5.69 Å². The van der Waals surface area contributed by atoms with Gasteiger partial charge in [-0.15, -0.1) is 0 Å². The van der Waals surface area contributed by atoms with Crippen LogP contribution in [0.5, 0.6) is 5.75 Å². The van der Waals surface area contributed by atoms with E-state index >= 15 is 0 Å². The van der Waals surface area contributed by atoms with Crippen molar-refractivity contribution in [2.45, 2.75) is 64.4 Å². The predicted octanol–water partition coefficient (Wildman–Crippen LogP) is 3.03. The van der Waals surface area contributed by atoms with Crippen LogP contribution in [0.2, 0.25) is 0 Å². The van der Waals surface area contributed by atoms with Gasteiger partial charge in [0.05, 0.1) is 12.3 Å². The van der Waals surface area contributed by atoms with Crippen molar-refractivity contribution in [3.63, 3.8) is 0 Å². The maximum atomic E-state index is 13.0. The zero-order chi connectivity index (χ0) is 24.2. The standard InChI is InChI=1S/C26H32N4O5/c1-17-24(18(2)35-27-17)25(32)29-12-13-30(23(31)15-29)21-6-7-22-19(14-21)16-33-26(34-22)8-10-28(11-9-26)20-4-3-5-20/h6-7,14,20H,3-5,8-13,15-16H2,1-2H3. The third-order valence-corrected chi connectivity index (χ3v) is 8.05. The lowest BCUT2D eigenvalue weighted by Crippen LogP contribution is -2.54. The monoisotopic (exact) mass is 480 g/mol. The molecular weight excluding hydrogens is 448 g/mol. The molecule has 0 atom stereocenters. The number of aromatic nitrogens is 1. The molecule has 2 saturated heterocycles. The highest BCUT2D eigenvalue weighted by molar-refractivity contribution is 6.02. The van der Waals surface area contributed by atoms with E-state index in [1.165, 1.54) is 19.3 Å². The van der Waals surface area contributed by atoms with E-state index in [2.05, 4.69) is 10.1 Å². The van der Waals surface area contributed by atoms with Crippen LogP contribution < -0.4 is 9.64 Å². The summed E-state index contributed by atoms with van der Waals surface area (Å²) in [5, 5.41) is 3.86. The van der Waals surface area contributed by atoms with E-state index in [0.29, 0.717) is 36.7 Å². The second-order valence-electron chi connectivity index (χ2n) is 10.2. The lowest BCUT2D eigenvalue weighted by Gasteiger charge is -2.47. The number of fused-ring (bicyclic) bond motifs is 1. The lowest BCUT2D eigenvalue weighted by molar-refractivity contribution is -0.231. The number of amides is 2. The Labute approximate surface area is 204 Å². The van der Waals surface area contributed by atoms with Crippen molar-refractivity contribution in [1.29, 1.82) is 0 Å². The van der Waals surface area contributed by atoms with Crippen LogP contribution in [0.15, 0.2) is 22.7 Å². The summed E-state index contributed by atoms with van der Waals surface area (Å²) in [4.78, 5) is 31.8. The molecule has 1 spiro atoms. The van der Waals surface area contributed by atoms with Crippen LogP contribution in [0.1, 0.15) is 59.5 Å². The topological polar surface area (TPSA) is 88.3 Å². The number of carbonyl (C=O) groups is 2. The Morgan fingerprint density at radius 1 is 1.11 bits per heavy atom. The Balaban J connectivity index is 1.11. The maximum absolute atomic E-state index is 13.0. The highest BCUT2D eigenvalue weighted by Gasteiger charge is 2.43. The minimum atomic E-state index is -0.533. The second-order valence-corrected chi connectivity index (χ2v) is 10.2. The van der Waals surface area contributed by atoms with Gasteiger partial charge in [-0.2, -0.15) is 0 Å². The molecule has 9 nitrogen and oxygen atoms in total. The summed E-state index contributed by atoms with van der Waals surface area (Å²) in [6.45, 7) is 6.85. The fourth-order valence-electron chi connectivity index (χ4n) is 5.68. The largest absolute Gasteiger partial charge is 0.462 e. The van der Waals surface area contributed by atoms with Gasteiger partial charge in [0, 0.05) is 56.3 Å². The van der Waals surface area contributed by atoms with Gasteiger partial charge in [0.15, 0.2) is 0 Å². The Morgan fingerprint density at radius 3 is 2.57 bits per heavy atom. The molecule has 2 aromatic rings. The van der Waals surface area contributed by atoms with E-state index in [1.54, 1.807) is 23.6 Å². The van der Waals surface area contributed by atoms with Gasteiger partial charge in [-0.1, -0.05) is 11.6 Å². The summed E-state index contributed by atoms with van der Waals surface area (Å²) < 4.78 is 17.8. The van der Waals surface area contributed by atoms with Gasteiger partial charge in [-0.25, -0.2) is 0 Å². The number of carbonyl (C=O) groups excluding carboxylic acids is 2. The summed E-state index contributed by atoms with van der Waals surface area (Å²) in [6.07, 6.45) is 5.75. The molecule has 3 fully saturated rings. The third kappa shape index (κ3) is 4.00. The van der Waals surface area contributed by atoms with Crippen molar-refractivity contribution >= 4 is 17.5 Å². The first-order valence-electron chi connectivity index (χ1n) is 12.6. The van der Waals surface area contributed by atoms with Crippen LogP contribution in [0, 0.1) is 13.8 Å².